The number of H-pyrrole nitrogens is 2. The Morgan fingerprint density at radius 3 is 0.848 bits per heavy atom. The van der Waals surface area contributed by atoms with Crippen molar-refractivity contribution in [1.82, 2.24) is 19.9 Å². The third-order valence-electron chi connectivity index (χ3n) is 4.04. The van der Waals surface area contributed by atoms with Crippen LogP contribution < -0.4 is 0 Å². The molecule has 2 aliphatic heterocycles. The molecule has 1 radical (unpaired) electrons. The molecule has 0 spiro atoms. The van der Waals surface area contributed by atoms with Crippen molar-refractivity contribution in [3.63, 3.8) is 0 Å². The molecule has 2 N–H and O–H groups in total. The molecule has 0 saturated carbocycles. The maximum atomic E-state index is 9.75. The fourth-order valence-electron chi connectivity index (χ4n) is 2.94. The van der Waals surface area contributed by atoms with Crippen LogP contribution in [0.2, 0.25) is 0 Å². The van der Waals surface area contributed by atoms with Crippen molar-refractivity contribution in [2.45, 2.75) is 55.4 Å². The Labute approximate surface area is 289 Å². The van der Waals surface area contributed by atoms with Gasteiger partial charge in [-0.1, -0.05) is 0 Å². The van der Waals surface area contributed by atoms with Crippen LogP contribution in [0.4, 0.5) is 17.3 Å². The molecule has 0 fully saturated rings. The summed E-state index contributed by atoms with van der Waals surface area (Å²) < 4.78 is 39.0. The summed E-state index contributed by atoms with van der Waals surface area (Å²) in [5, 5.41) is 0. The number of nitrogens with one attached hydrogen (secondary N) is 2. The topological polar surface area (TPSA) is 57.4 Å². The van der Waals surface area contributed by atoms with E-state index in [9.17, 15) is 17.3 Å². The van der Waals surface area contributed by atoms with Gasteiger partial charge in [0, 0.05) is 39.1 Å². The van der Waals surface area contributed by atoms with Crippen LogP contribution in [0.15, 0.2) is 48.5 Å². The quantitative estimate of drug-likeness (QED) is 0.0969. The standard InChI is InChI=1S/C20H14N4.8C2H5.BF4.Mn/c1-2-14-10-16-5-6-18(23-16)12-20-8-7-19(24-20)11-17-4-3-15(22-17)9-13(1)21-14;8*1-2;2-1(3,4)5;/h1-12,21-22H;8*1H2,2H3;;/q;9*-1;. The molecule has 0 saturated heterocycles. The van der Waals surface area contributed by atoms with Gasteiger partial charge in [-0.05, 0) is 72.8 Å². The van der Waals surface area contributed by atoms with E-state index in [1.54, 1.807) is 55.4 Å². The molecule has 46 heavy (non-hydrogen) atoms. The molecular weight excluding hydrogens is 630 g/mol. The molecule has 5 heterocycles. The molecule has 0 atom stereocenters. The van der Waals surface area contributed by atoms with Gasteiger partial charge < -0.3 is 82.6 Å². The Kier molecular flexibility index (Phi) is 45.8. The van der Waals surface area contributed by atoms with Gasteiger partial charge in [0.05, 0.1) is 22.8 Å². The van der Waals surface area contributed by atoms with Gasteiger partial charge in [-0.3, -0.25) is 0 Å². The van der Waals surface area contributed by atoms with Gasteiger partial charge in [-0.2, -0.15) is 55.4 Å². The summed E-state index contributed by atoms with van der Waals surface area (Å²) in [4.78, 5) is 16.0. The van der Waals surface area contributed by atoms with Crippen LogP contribution in [0.3, 0.4) is 0 Å². The molecule has 265 valence electrons. The molecule has 5 rings (SSSR count). The number of nitrogens with zero attached hydrogens (tertiary/aromatic N) is 2. The molecule has 4 nitrogen and oxygen atoms in total. The minimum atomic E-state index is -6.00. The maximum absolute atomic E-state index is 9.75. The van der Waals surface area contributed by atoms with E-state index in [1.165, 1.54) is 0 Å². The Morgan fingerprint density at radius 1 is 0.413 bits per heavy atom. The monoisotopic (exact) mass is 684 g/mol. The van der Waals surface area contributed by atoms with E-state index in [2.05, 4.69) is 106 Å². The zero-order valence-corrected chi connectivity index (χ0v) is 30.1. The summed E-state index contributed by atoms with van der Waals surface area (Å²) in [6.45, 7) is 40.0. The van der Waals surface area contributed by atoms with Gasteiger partial charge in [-0.25, -0.2) is 9.97 Å². The van der Waals surface area contributed by atoms with E-state index in [0.717, 1.165) is 44.8 Å². The van der Waals surface area contributed by atoms with Crippen molar-refractivity contribution in [3.05, 3.63) is 127 Å². The zero-order valence-electron chi connectivity index (χ0n) is 28.9. The molecule has 0 aromatic carbocycles. The first-order valence-electron chi connectivity index (χ1n) is 14.4. The molecule has 2 aliphatic rings. The van der Waals surface area contributed by atoms with Crippen LogP contribution in [-0.2, 0) is 17.1 Å². The van der Waals surface area contributed by atoms with Crippen molar-refractivity contribution in [2.24, 2.45) is 0 Å². The molecule has 3 aromatic rings. The summed E-state index contributed by atoms with van der Waals surface area (Å²) >= 11 is 0. The molecule has 0 amide bonds. The molecule has 10 heteroatoms. The minimum Gasteiger partial charge on any atom is -0.418 e. The predicted octanol–water partition coefficient (Wildman–Crippen LogP) is 12.7. The molecular formula is C36H54BF4MnN4-9. The van der Waals surface area contributed by atoms with E-state index < -0.39 is 7.25 Å². The number of hydrogen-bond acceptors (Lipinski definition) is 2. The summed E-state index contributed by atoms with van der Waals surface area (Å²) in [5.41, 5.74) is 7.86. The van der Waals surface area contributed by atoms with Crippen LogP contribution in [0.5, 0.6) is 0 Å². The van der Waals surface area contributed by atoms with Gasteiger partial charge in [0.2, 0.25) is 0 Å². The zero-order chi connectivity index (χ0) is 36.4. The maximum Gasteiger partial charge on any atom is 0.673 e. The van der Waals surface area contributed by atoms with Gasteiger partial charge in [0.15, 0.2) is 0 Å². The Balaban J connectivity index is -0.000000155. The molecule has 8 bridgehead atoms. The van der Waals surface area contributed by atoms with Crippen molar-refractivity contribution < 1.29 is 34.3 Å². The molecule has 3 aromatic heterocycles. The van der Waals surface area contributed by atoms with Crippen LogP contribution in [0.1, 0.15) is 78.2 Å². The average molecular weight is 685 g/mol. The first-order valence-corrected chi connectivity index (χ1v) is 14.4. The van der Waals surface area contributed by atoms with Crippen LogP contribution in [-0.4, -0.2) is 27.2 Å². The summed E-state index contributed by atoms with van der Waals surface area (Å²) in [6.07, 6.45) is 8.05. The van der Waals surface area contributed by atoms with Crippen molar-refractivity contribution in [2.75, 3.05) is 0 Å². The van der Waals surface area contributed by atoms with E-state index in [1.807, 2.05) is 42.5 Å². The van der Waals surface area contributed by atoms with Crippen molar-refractivity contribution in [1.29, 1.82) is 0 Å². The Hall–Kier alpha value is -3.10. The first-order chi connectivity index (χ1) is 21.8. The molecule has 0 unspecified atom stereocenters. The van der Waals surface area contributed by atoms with E-state index in [-0.39, 0.29) is 17.1 Å². The van der Waals surface area contributed by atoms with Crippen LogP contribution >= 0.6 is 0 Å². The van der Waals surface area contributed by atoms with Gasteiger partial charge in [-0.15, -0.1) is 0 Å². The average Bonchev–Trinajstić information content (AvgIpc) is 3.91. The van der Waals surface area contributed by atoms with Gasteiger partial charge >= 0.3 is 7.25 Å². The van der Waals surface area contributed by atoms with E-state index >= 15 is 0 Å². The van der Waals surface area contributed by atoms with Crippen LogP contribution in [0, 0.1) is 55.4 Å². The Bertz CT molecular complexity index is 1190. The summed E-state index contributed by atoms with van der Waals surface area (Å²) in [5.74, 6) is 0. The number of hydrogen-bond donors (Lipinski definition) is 2. The minimum absolute atomic E-state index is 0. The third-order valence-corrected chi connectivity index (χ3v) is 4.04. The first kappa shape index (κ1) is 55.3. The fraction of sp³-hybridized carbons (Fsp3) is 0.222. The van der Waals surface area contributed by atoms with Crippen LogP contribution in [0.25, 0.3) is 46.4 Å². The van der Waals surface area contributed by atoms with Crippen molar-refractivity contribution in [3.8, 4) is 0 Å². The number of aromatic amines is 2. The SMILES string of the molecule is C1=Cc2cc3ccc(cc4ccc(cc5nc(cc1n2)C=C5)[nH]4)[nH]3.F[B-](F)(F)F.[CH2-]C.[CH2-]C.[CH2-]C.[CH2-]C.[CH2-]C.[CH2-]C.[CH2-]C.[CH2-]C.[Mn]. The largest absolute Gasteiger partial charge is 0.673 e. The number of aromatic nitrogens is 4. The van der Waals surface area contributed by atoms with Gasteiger partial charge in [0.1, 0.15) is 0 Å². The smallest absolute Gasteiger partial charge is 0.418 e. The van der Waals surface area contributed by atoms with E-state index in [4.69, 9.17) is 0 Å². The Morgan fingerprint density at radius 2 is 0.609 bits per heavy atom. The third kappa shape index (κ3) is 27.2. The second-order valence-corrected chi connectivity index (χ2v) is 6.40. The van der Waals surface area contributed by atoms with E-state index in [0.29, 0.717) is 0 Å². The second-order valence-electron chi connectivity index (χ2n) is 6.40. The fourth-order valence-corrected chi connectivity index (χ4v) is 2.94. The van der Waals surface area contributed by atoms with Gasteiger partial charge in [0.25, 0.3) is 0 Å². The second kappa shape index (κ2) is 38.1. The summed E-state index contributed by atoms with van der Waals surface area (Å²) in [7, 11) is -6.00. The predicted molar refractivity (Wildman–Crippen MR) is 197 cm³/mol. The number of fused-ring (bicyclic) bond motifs is 8. The molecule has 0 aliphatic carbocycles. The summed E-state index contributed by atoms with van der Waals surface area (Å²) in [6, 6.07) is 16.4. The number of halogens is 4. The van der Waals surface area contributed by atoms with Crippen molar-refractivity contribution >= 4 is 53.6 Å². The number of rotatable bonds is 0. The normalized spacial score (nSPS) is 8.96.